The second-order valence-corrected chi connectivity index (χ2v) is 13.5. The molecule has 1 aromatic carbocycles. The van der Waals surface area contributed by atoms with Crippen LogP contribution in [0, 0.1) is 29.4 Å². The molecule has 0 N–H and O–H groups in total. The summed E-state index contributed by atoms with van der Waals surface area (Å²) >= 11 is 0. The molecule has 3 nitrogen and oxygen atoms in total. The van der Waals surface area contributed by atoms with Crippen molar-refractivity contribution >= 4 is 0 Å². The number of alkyl halides is 8. The zero-order chi connectivity index (χ0) is 39.3. The highest BCUT2D eigenvalue weighted by molar-refractivity contribution is 5.40. The predicted octanol–water partition coefficient (Wildman–Crippen LogP) is 12.6. The standard InChI is InChI=1S/C37H39F13O3/c1-3-5-6-20-7-9-21(10-8-20)22-11-14-32(51-19-22)23-15-30(42)34(31(43)16-23)35(44,45)52-24-17-28(40)25(29(41)18-24)12-13-27(39)33(26(38)4-2)36(46,47)53-37(48,49)50/h4,13,15,17-18,20-22,31-32H,2-3,5-12,14,16,19H2,1H3/b27-13+,33-26-. The highest BCUT2D eigenvalue weighted by Crippen LogP contribution is 2.45. The third kappa shape index (κ3) is 10.9. The molecular weight excluding hydrogens is 739 g/mol. The lowest BCUT2D eigenvalue weighted by Gasteiger charge is -2.39. The summed E-state index contributed by atoms with van der Waals surface area (Å²) in [4.78, 5) is 0. The van der Waals surface area contributed by atoms with Gasteiger partial charge in [0.15, 0.2) is 0 Å². The van der Waals surface area contributed by atoms with Crippen LogP contribution in [0.3, 0.4) is 0 Å². The van der Waals surface area contributed by atoms with E-state index in [0.717, 1.165) is 50.5 Å². The molecule has 1 heterocycles. The van der Waals surface area contributed by atoms with E-state index in [-0.39, 0.29) is 35.8 Å². The molecule has 53 heavy (non-hydrogen) atoms. The summed E-state index contributed by atoms with van der Waals surface area (Å²) in [6.45, 7) is 5.24. The van der Waals surface area contributed by atoms with Crippen LogP contribution < -0.4 is 4.74 Å². The molecule has 0 aromatic heterocycles. The van der Waals surface area contributed by atoms with Gasteiger partial charge in [0, 0.05) is 24.1 Å². The van der Waals surface area contributed by atoms with Gasteiger partial charge in [-0.15, -0.1) is 13.2 Å². The Morgan fingerprint density at radius 2 is 1.55 bits per heavy atom. The molecule has 16 heteroatoms. The van der Waals surface area contributed by atoms with Crippen molar-refractivity contribution in [1.29, 1.82) is 0 Å². The highest BCUT2D eigenvalue weighted by Gasteiger charge is 2.51. The summed E-state index contributed by atoms with van der Waals surface area (Å²) in [6, 6.07) is 0.223. The minimum atomic E-state index is -6.07. The van der Waals surface area contributed by atoms with Gasteiger partial charge in [0.1, 0.15) is 52.2 Å². The summed E-state index contributed by atoms with van der Waals surface area (Å²) in [5.41, 5.74) is -5.41. The van der Waals surface area contributed by atoms with Gasteiger partial charge in [-0.05, 0) is 73.7 Å². The van der Waals surface area contributed by atoms with E-state index in [1.165, 1.54) is 12.8 Å². The first-order chi connectivity index (χ1) is 24.8. The van der Waals surface area contributed by atoms with Crippen LogP contribution >= 0.6 is 0 Å². The maximum Gasteiger partial charge on any atom is 0.527 e. The minimum absolute atomic E-state index is 0.0772. The quantitative estimate of drug-likeness (QED) is 0.139. The summed E-state index contributed by atoms with van der Waals surface area (Å²) < 4.78 is 196. The Balaban J connectivity index is 1.43. The van der Waals surface area contributed by atoms with Crippen molar-refractivity contribution in [2.45, 2.75) is 108 Å². The Hall–Kier alpha value is -3.27. The Labute approximate surface area is 298 Å². The SMILES string of the molecule is C=C/C(F)=C(\C(F)=C/Cc1c(F)cc(OC(F)(F)C2=C(F)C=C(C3CCC(C4CCC(CCCC)CC4)CO3)CC2F)cc1F)C(F)(F)OC(F)(F)F. The lowest BCUT2D eigenvalue weighted by Crippen LogP contribution is -2.37. The van der Waals surface area contributed by atoms with Crippen molar-refractivity contribution in [1.82, 2.24) is 0 Å². The van der Waals surface area contributed by atoms with E-state index >= 15 is 17.6 Å². The molecule has 0 radical (unpaired) electrons. The average Bonchev–Trinajstić information content (AvgIpc) is 3.05. The number of rotatable bonds is 14. The largest absolute Gasteiger partial charge is 0.527 e. The molecule has 0 spiro atoms. The van der Waals surface area contributed by atoms with Gasteiger partial charge < -0.3 is 9.47 Å². The van der Waals surface area contributed by atoms with E-state index in [2.05, 4.69) is 23.0 Å². The third-order valence-electron chi connectivity index (χ3n) is 9.90. The topological polar surface area (TPSA) is 27.7 Å². The monoisotopic (exact) mass is 778 g/mol. The van der Waals surface area contributed by atoms with Gasteiger partial charge in [0.2, 0.25) is 0 Å². The molecule has 2 fully saturated rings. The molecule has 2 aliphatic carbocycles. The van der Waals surface area contributed by atoms with E-state index in [1.807, 2.05) is 0 Å². The molecule has 1 saturated heterocycles. The molecule has 3 unspecified atom stereocenters. The normalized spacial score (nSPS) is 25.6. The van der Waals surface area contributed by atoms with E-state index in [1.54, 1.807) is 0 Å². The summed E-state index contributed by atoms with van der Waals surface area (Å²) in [6.07, 6.45) is -12.0. The Bertz CT molecular complexity index is 1560. The molecule has 3 atom stereocenters. The smallest absolute Gasteiger partial charge is 0.429 e. The van der Waals surface area contributed by atoms with Gasteiger partial charge in [-0.25, -0.2) is 31.1 Å². The predicted molar refractivity (Wildman–Crippen MR) is 168 cm³/mol. The Morgan fingerprint density at radius 1 is 0.925 bits per heavy atom. The second kappa shape index (κ2) is 17.5. The lowest BCUT2D eigenvalue weighted by atomic mass is 9.72. The molecule has 0 bridgehead atoms. The zero-order valence-corrected chi connectivity index (χ0v) is 28.6. The first kappa shape index (κ1) is 42.5. The van der Waals surface area contributed by atoms with Crippen molar-refractivity contribution in [3.05, 3.63) is 88.3 Å². The number of allylic oxidation sites excluding steroid dienone is 5. The maximum absolute atomic E-state index is 15.2. The van der Waals surface area contributed by atoms with Crippen LogP contribution in [0.2, 0.25) is 0 Å². The number of ether oxygens (including phenoxy) is 3. The van der Waals surface area contributed by atoms with Crippen LogP contribution in [0.4, 0.5) is 57.1 Å². The molecule has 1 aromatic rings. The van der Waals surface area contributed by atoms with Crippen LogP contribution in [0.1, 0.15) is 76.7 Å². The molecule has 296 valence electrons. The number of unbranched alkanes of at least 4 members (excludes halogenated alkanes) is 1. The fourth-order valence-corrected chi connectivity index (χ4v) is 7.20. The van der Waals surface area contributed by atoms with Crippen molar-refractivity contribution in [3.8, 4) is 5.75 Å². The van der Waals surface area contributed by atoms with E-state index in [4.69, 9.17) is 4.74 Å². The van der Waals surface area contributed by atoms with E-state index < -0.39 is 95.3 Å². The van der Waals surface area contributed by atoms with Crippen molar-refractivity contribution in [3.63, 3.8) is 0 Å². The maximum atomic E-state index is 15.2. The summed E-state index contributed by atoms with van der Waals surface area (Å²) in [5, 5.41) is 0. The molecule has 1 saturated carbocycles. The van der Waals surface area contributed by atoms with Crippen LogP contribution in [0.5, 0.6) is 5.75 Å². The zero-order valence-electron chi connectivity index (χ0n) is 28.6. The highest BCUT2D eigenvalue weighted by atomic mass is 19.4. The summed E-state index contributed by atoms with van der Waals surface area (Å²) in [7, 11) is 0. The van der Waals surface area contributed by atoms with Crippen molar-refractivity contribution in [2.24, 2.45) is 17.8 Å². The molecule has 0 amide bonds. The Morgan fingerprint density at radius 3 is 2.08 bits per heavy atom. The first-order valence-corrected chi connectivity index (χ1v) is 17.2. The van der Waals surface area contributed by atoms with Gasteiger partial charge in [-0.1, -0.05) is 45.6 Å². The van der Waals surface area contributed by atoms with E-state index in [0.29, 0.717) is 18.9 Å². The second-order valence-electron chi connectivity index (χ2n) is 13.5. The minimum Gasteiger partial charge on any atom is -0.429 e. The number of hydrogen-bond acceptors (Lipinski definition) is 3. The lowest BCUT2D eigenvalue weighted by molar-refractivity contribution is -0.412. The summed E-state index contributed by atoms with van der Waals surface area (Å²) in [5.74, 6) is -9.70. The van der Waals surface area contributed by atoms with Gasteiger partial charge in [0.25, 0.3) is 0 Å². The molecule has 1 aliphatic heterocycles. The molecule has 3 aliphatic rings. The van der Waals surface area contributed by atoms with Crippen LogP contribution in [0.15, 0.2) is 71.1 Å². The van der Waals surface area contributed by atoms with Gasteiger partial charge in [0.05, 0.1) is 12.7 Å². The average molecular weight is 779 g/mol. The third-order valence-corrected chi connectivity index (χ3v) is 9.90. The number of benzene rings is 1. The van der Waals surface area contributed by atoms with Crippen LogP contribution in [-0.2, 0) is 15.9 Å². The first-order valence-electron chi connectivity index (χ1n) is 17.2. The number of halogens is 13. The van der Waals surface area contributed by atoms with Crippen molar-refractivity contribution in [2.75, 3.05) is 6.61 Å². The van der Waals surface area contributed by atoms with Crippen molar-refractivity contribution < 1.29 is 71.3 Å². The molecular formula is C37H39F13O3. The van der Waals surface area contributed by atoms with Crippen LogP contribution in [-0.4, -0.2) is 37.5 Å². The molecule has 4 rings (SSSR count). The van der Waals surface area contributed by atoms with Gasteiger partial charge >= 0.3 is 18.6 Å². The number of hydrogen-bond donors (Lipinski definition) is 0. The van der Waals surface area contributed by atoms with Crippen LogP contribution in [0.25, 0.3) is 0 Å². The van der Waals surface area contributed by atoms with E-state index in [9.17, 15) is 39.5 Å². The van der Waals surface area contributed by atoms with Gasteiger partial charge in [-0.2, -0.15) is 17.6 Å². The van der Waals surface area contributed by atoms with Gasteiger partial charge in [-0.3, -0.25) is 0 Å². The Kier molecular flexibility index (Phi) is 14.0. The fraction of sp³-hybridized carbons (Fsp3) is 0.568. The fourth-order valence-electron chi connectivity index (χ4n) is 7.20.